The molecule has 4 rings (SSSR count). The predicted octanol–water partition coefficient (Wildman–Crippen LogP) is 1.97. The van der Waals surface area contributed by atoms with E-state index in [0.717, 1.165) is 56.8 Å². The molecule has 0 saturated carbocycles. The number of piperidine rings is 1. The van der Waals surface area contributed by atoms with Crippen molar-refractivity contribution < 1.29 is 4.74 Å². The number of nitrogens with zero attached hydrogens (tertiary/aromatic N) is 5. The molecule has 2 aliphatic rings. The summed E-state index contributed by atoms with van der Waals surface area (Å²) < 4.78 is 7.02. The molecule has 2 aromatic rings. The smallest absolute Gasteiger partial charge is 0.269 e. The predicted molar refractivity (Wildman–Crippen MR) is 104 cm³/mol. The fraction of sp³-hybridized carbons (Fsp3) is 0.526. The molecule has 0 aromatic carbocycles. The molecule has 4 heterocycles. The number of anilines is 1. The molecule has 8 heteroatoms. The van der Waals surface area contributed by atoms with Crippen LogP contribution < -0.4 is 10.5 Å². The third-order valence-electron chi connectivity index (χ3n) is 5.26. The van der Waals surface area contributed by atoms with Gasteiger partial charge in [-0.3, -0.25) is 14.7 Å². The average Bonchev–Trinajstić information content (AvgIpc) is 2.70. The lowest BCUT2D eigenvalue weighted by Gasteiger charge is -2.33. The highest BCUT2D eigenvalue weighted by atomic mass is 35.5. The Kier molecular flexibility index (Phi) is 5.71. The Hall–Kier alpha value is -1.96. The lowest BCUT2D eigenvalue weighted by molar-refractivity contribution is 0.122. The molecule has 0 bridgehead atoms. The van der Waals surface area contributed by atoms with E-state index in [1.807, 2.05) is 12.3 Å². The second-order valence-electron chi connectivity index (χ2n) is 7.09. The van der Waals surface area contributed by atoms with Crippen LogP contribution in [0.2, 0.25) is 5.02 Å². The Bertz CT molecular complexity index is 837. The molecule has 144 valence electrons. The van der Waals surface area contributed by atoms with Crippen molar-refractivity contribution in [2.45, 2.75) is 25.4 Å². The highest BCUT2D eigenvalue weighted by molar-refractivity contribution is 6.31. The number of halogens is 1. The minimum absolute atomic E-state index is 0.0345. The largest absolute Gasteiger partial charge is 0.378 e. The van der Waals surface area contributed by atoms with Gasteiger partial charge in [-0.2, -0.15) is 5.10 Å². The summed E-state index contributed by atoms with van der Waals surface area (Å²) in [6, 6.07) is 3.75. The van der Waals surface area contributed by atoms with Crippen molar-refractivity contribution in [3.8, 4) is 0 Å². The topological polar surface area (TPSA) is 63.5 Å². The maximum atomic E-state index is 12.7. The van der Waals surface area contributed by atoms with Crippen molar-refractivity contribution in [1.29, 1.82) is 0 Å². The first kappa shape index (κ1) is 18.4. The zero-order valence-corrected chi connectivity index (χ0v) is 16.0. The number of rotatable bonds is 4. The van der Waals surface area contributed by atoms with Crippen LogP contribution in [0.3, 0.4) is 0 Å². The van der Waals surface area contributed by atoms with Gasteiger partial charge in [-0.15, -0.1) is 0 Å². The Labute approximate surface area is 163 Å². The number of hydrogen-bond donors (Lipinski definition) is 0. The molecule has 0 radical (unpaired) electrons. The molecule has 0 aliphatic carbocycles. The Morgan fingerprint density at radius 3 is 2.85 bits per heavy atom. The van der Waals surface area contributed by atoms with Crippen molar-refractivity contribution >= 4 is 17.3 Å². The van der Waals surface area contributed by atoms with Crippen LogP contribution in [-0.4, -0.2) is 59.1 Å². The van der Waals surface area contributed by atoms with Crippen LogP contribution >= 0.6 is 11.6 Å². The van der Waals surface area contributed by atoms with Crippen LogP contribution in [0.25, 0.3) is 0 Å². The summed E-state index contributed by atoms with van der Waals surface area (Å²) in [5.41, 5.74) is 1.92. The van der Waals surface area contributed by atoms with E-state index in [-0.39, 0.29) is 11.6 Å². The van der Waals surface area contributed by atoms with Crippen LogP contribution in [-0.2, 0) is 11.3 Å². The number of morpholine rings is 1. The van der Waals surface area contributed by atoms with E-state index in [2.05, 4.69) is 19.9 Å². The van der Waals surface area contributed by atoms with Crippen molar-refractivity contribution in [1.82, 2.24) is 19.7 Å². The average molecular weight is 390 g/mol. The first-order chi connectivity index (χ1) is 13.2. The van der Waals surface area contributed by atoms with Gasteiger partial charge in [0, 0.05) is 44.6 Å². The number of likely N-dealkylation sites (tertiary alicyclic amines) is 1. The third kappa shape index (κ3) is 4.31. The fourth-order valence-corrected chi connectivity index (χ4v) is 4.00. The molecule has 1 atom stereocenters. The van der Waals surface area contributed by atoms with E-state index in [0.29, 0.717) is 18.2 Å². The minimum atomic E-state index is -0.0345. The Morgan fingerprint density at radius 1 is 1.22 bits per heavy atom. The van der Waals surface area contributed by atoms with Crippen molar-refractivity contribution in [2.75, 3.05) is 44.3 Å². The SMILES string of the molecule is O=c1cc(N2CCOCC2)cnn1[C@H]1CCCN(Cc2ccncc2Cl)C1. The lowest BCUT2D eigenvalue weighted by atomic mass is 10.0. The normalized spacial score (nSPS) is 21.4. The molecular formula is C19H24ClN5O2. The van der Waals surface area contributed by atoms with Crippen LogP contribution in [0.1, 0.15) is 24.4 Å². The van der Waals surface area contributed by atoms with Crippen LogP contribution in [0.15, 0.2) is 35.5 Å². The minimum Gasteiger partial charge on any atom is -0.378 e. The molecular weight excluding hydrogens is 366 g/mol. The summed E-state index contributed by atoms with van der Waals surface area (Å²) in [5.74, 6) is 0. The molecule has 7 nitrogen and oxygen atoms in total. The zero-order valence-electron chi connectivity index (χ0n) is 15.3. The molecule has 0 N–H and O–H groups in total. The van der Waals surface area contributed by atoms with E-state index in [1.165, 1.54) is 0 Å². The van der Waals surface area contributed by atoms with Crippen LogP contribution in [0.4, 0.5) is 5.69 Å². The second kappa shape index (κ2) is 8.37. The van der Waals surface area contributed by atoms with E-state index in [9.17, 15) is 4.79 Å². The monoisotopic (exact) mass is 389 g/mol. The van der Waals surface area contributed by atoms with Gasteiger partial charge in [0.05, 0.1) is 36.2 Å². The summed E-state index contributed by atoms with van der Waals surface area (Å²) >= 11 is 6.24. The Balaban J connectivity index is 1.46. The van der Waals surface area contributed by atoms with Gasteiger partial charge in [0.1, 0.15) is 0 Å². The molecule has 0 amide bonds. The summed E-state index contributed by atoms with van der Waals surface area (Å²) in [7, 11) is 0. The fourth-order valence-electron chi connectivity index (χ4n) is 3.82. The third-order valence-corrected chi connectivity index (χ3v) is 5.61. The second-order valence-corrected chi connectivity index (χ2v) is 7.50. The quantitative estimate of drug-likeness (QED) is 0.796. The summed E-state index contributed by atoms with van der Waals surface area (Å²) in [6.45, 7) is 5.54. The van der Waals surface area contributed by atoms with E-state index in [4.69, 9.17) is 16.3 Å². The van der Waals surface area contributed by atoms with Gasteiger partial charge in [-0.05, 0) is 31.0 Å². The molecule has 2 aliphatic heterocycles. The highest BCUT2D eigenvalue weighted by Gasteiger charge is 2.24. The standard InChI is InChI=1S/C19H24ClN5O2/c20-18-12-21-4-3-15(18)13-23-5-1-2-16(14-23)25-19(26)10-17(11-22-25)24-6-8-27-9-7-24/h3-4,10-12,16H,1-2,5-9,13-14H2/t16-/m0/s1. The molecule has 0 spiro atoms. The number of ether oxygens (including phenoxy) is 1. The van der Waals surface area contributed by atoms with Gasteiger partial charge >= 0.3 is 0 Å². The highest BCUT2D eigenvalue weighted by Crippen LogP contribution is 2.23. The van der Waals surface area contributed by atoms with Gasteiger partial charge < -0.3 is 9.64 Å². The molecule has 0 unspecified atom stereocenters. The van der Waals surface area contributed by atoms with Gasteiger partial charge in [0.2, 0.25) is 0 Å². The van der Waals surface area contributed by atoms with Crippen molar-refractivity contribution in [3.63, 3.8) is 0 Å². The number of pyridine rings is 1. The van der Waals surface area contributed by atoms with E-state index < -0.39 is 0 Å². The van der Waals surface area contributed by atoms with E-state index in [1.54, 1.807) is 23.1 Å². The Morgan fingerprint density at radius 2 is 2.07 bits per heavy atom. The molecule has 27 heavy (non-hydrogen) atoms. The first-order valence-corrected chi connectivity index (χ1v) is 9.81. The first-order valence-electron chi connectivity index (χ1n) is 9.43. The molecule has 2 aromatic heterocycles. The lowest BCUT2D eigenvalue weighted by Crippen LogP contribution is -2.41. The van der Waals surface area contributed by atoms with Crippen molar-refractivity contribution in [2.24, 2.45) is 0 Å². The summed E-state index contributed by atoms with van der Waals surface area (Å²) in [6.07, 6.45) is 7.25. The summed E-state index contributed by atoms with van der Waals surface area (Å²) in [5, 5.41) is 5.18. The van der Waals surface area contributed by atoms with E-state index >= 15 is 0 Å². The number of hydrogen-bond acceptors (Lipinski definition) is 6. The van der Waals surface area contributed by atoms with Gasteiger partial charge in [0.25, 0.3) is 5.56 Å². The van der Waals surface area contributed by atoms with Crippen molar-refractivity contribution in [3.05, 3.63) is 51.7 Å². The van der Waals surface area contributed by atoms with Crippen LogP contribution in [0, 0.1) is 0 Å². The molecule has 2 fully saturated rings. The van der Waals surface area contributed by atoms with Gasteiger partial charge in [-0.25, -0.2) is 4.68 Å². The van der Waals surface area contributed by atoms with Crippen LogP contribution in [0.5, 0.6) is 0 Å². The maximum Gasteiger partial charge on any atom is 0.269 e. The zero-order chi connectivity index (χ0) is 18.6. The maximum absolute atomic E-state index is 12.7. The summed E-state index contributed by atoms with van der Waals surface area (Å²) in [4.78, 5) is 21.2. The van der Waals surface area contributed by atoms with Gasteiger partial charge in [0.15, 0.2) is 0 Å². The number of aromatic nitrogens is 3. The molecule has 2 saturated heterocycles. The van der Waals surface area contributed by atoms with Gasteiger partial charge in [-0.1, -0.05) is 11.6 Å².